The molecule has 1 aromatic carbocycles. The van der Waals surface area contributed by atoms with Crippen molar-refractivity contribution in [1.29, 1.82) is 0 Å². The molecule has 3 heterocycles. The van der Waals surface area contributed by atoms with Crippen LogP contribution in [0.15, 0.2) is 24.8 Å². The maximum absolute atomic E-state index is 15.1. The number of aliphatic hydroxyl groups excluding tert-OH is 1. The molecule has 0 radical (unpaired) electrons. The molecular formula is C27H30FN7O3. The van der Waals surface area contributed by atoms with Crippen molar-refractivity contribution in [3.8, 4) is 11.8 Å². The molecule has 0 bridgehead atoms. The summed E-state index contributed by atoms with van der Waals surface area (Å²) in [6, 6.07) is 2.60. The number of nitrogens with one attached hydrogen (secondary N) is 1. The number of likely N-dealkylation sites (tertiary alicyclic amines) is 1. The Bertz CT molecular complexity index is 1520. The number of fused-ring (bicyclic) bond motifs is 1. The van der Waals surface area contributed by atoms with Crippen molar-refractivity contribution < 1.29 is 19.1 Å². The highest BCUT2D eigenvalue weighted by Crippen LogP contribution is 2.39. The first kappa shape index (κ1) is 25.5. The molecule has 2 aliphatic rings. The van der Waals surface area contributed by atoms with Crippen molar-refractivity contribution in [2.75, 3.05) is 18.9 Å². The zero-order valence-corrected chi connectivity index (χ0v) is 21.5. The molecule has 1 unspecified atom stereocenters. The minimum Gasteiger partial charge on any atom is -0.391 e. The molecule has 0 spiro atoms. The number of imidazole rings is 1. The molecule has 4 N–H and O–H groups in total. The van der Waals surface area contributed by atoms with Crippen LogP contribution in [-0.2, 0) is 4.79 Å². The van der Waals surface area contributed by atoms with Crippen LogP contribution in [0.1, 0.15) is 65.7 Å². The Labute approximate surface area is 219 Å². The number of halogens is 1. The summed E-state index contributed by atoms with van der Waals surface area (Å²) >= 11 is 0. The van der Waals surface area contributed by atoms with Gasteiger partial charge in [0.05, 0.1) is 34.8 Å². The van der Waals surface area contributed by atoms with E-state index in [9.17, 15) is 14.7 Å². The van der Waals surface area contributed by atoms with Crippen LogP contribution in [-0.4, -0.2) is 66.9 Å². The van der Waals surface area contributed by atoms with Crippen LogP contribution in [0, 0.1) is 24.6 Å². The molecule has 10 nitrogen and oxygen atoms in total. The first-order chi connectivity index (χ1) is 18.1. The average Bonchev–Trinajstić information content (AvgIpc) is 3.35. The van der Waals surface area contributed by atoms with Gasteiger partial charge in [-0.15, -0.1) is 0 Å². The Balaban J connectivity index is 1.54. The molecule has 1 saturated heterocycles. The van der Waals surface area contributed by atoms with E-state index in [0.717, 1.165) is 24.2 Å². The third kappa shape index (κ3) is 4.31. The standard InChI is InChI=1S/C27H30FN7O3/c1-5-24(37)33-13-18(11-22(33)14(2)36)35-27(30-4)25(26(29)38)20(32-35)9-6-16-10-21-23(12-19(16)28)34(15(3)31-21)17-7-8-17/h5,10,12,14,17-18,22,30,36H,1,7-8,11,13H2,2-4H3,(H2,29,38)/t14?,18-,22+/m0/s1. The number of rotatable bonds is 6. The number of nitrogens with zero attached hydrogens (tertiary/aromatic N) is 5. The van der Waals surface area contributed by atoms with Crippen molar-refractivity contribution in [1.82, 2.24) is 24.2 Å². The highest BCUT2D eigenvalue weighted by Gasteiger charge is 2.40. The first-order valence-corrected chi connectivity index (χ1v) is 12.6. The third-order valence-corrected chi connectivity index (χ3v) is 7.26. The van der Waals surface area contributed by atoms with E-state index < -0.39 is 23.9 Å². The van der Waals surface area contributed by atoms with E-state index in [1.54, 1.807) is 24.7 Å². The SMILES string of the molecule is C=CC(=O)N1C[C@@H](n2nc(C#Cc3cc4nc(C)n(C5CC5)c4cc3F)c(C(N)=O)c2NC)C[C@@H]1C(C)O. The van der Waals surface area contributed by atoms with Crippen LogP contribution >= 0.6 is 0 Å². The van der Waals surface area contributed by atoms with Gasteiger partial charge in [-0.05, 0) is 51.2 Å². The number of carbonyl (C=O) groups is 2. The lowest BCUT2D eigenvalue weighted by molar-refractivity contribution is -0.128. The van der Waals surface area contributed by atoms with Crippen molar-refractivity contribution in [2.24, 2.45) is 5.73 Å². The van der Waals surface area contributed by atoms with Gasteiger partial charge in [-0.2, -0.15) is 5.10 Å². The number of benzene rings is 1. The number of aryl methyl sites for hydroxylation is 1. The fourth-order valence-corrected chi connectivity index (χ4v) is 5.36. The molecule has 11 heteroatoms. The number of hydrogen-bond acceptors (Lipinski definition) is 6. The fourth-order valence-electron chi connectivity index (χ4n) is 5.36. The summed E-state index contributed by atoms with van der Waals surface area (Å²) in [5, 5.41) is 17.8. The minimum absolute atomic E-state index is 0.0671. The Morgan fingerprint density at radius 1 is 1.32 bits per heavy atom. The van der Waals surface area contributed by atoms with Gasteiger partial charge in [-0.1, -0.05) is 12.5 Å². The van der Waals surface area contributed by atoms with Crippen molar-refractivity contribution in [3.63, 3.8) is 0 Å². The van der Waals surface area contributed by atoms with Crippen molar-refractivity contribution in [2.45, 2.75) is 57.3 Å². The lowest BCUT2D eigenvalue weighted by Crippen LogP contribution is -2.40. The van der Waals surface area contributed by atoms with E-state index in [2.05, 4.69) is 38.4 Å². The highest BCUT2D eigenvalue weighted by molar-refractivity contribution is 6.00. The fraction of sp³-hybridized carbons (Fsp3) is 0.407. The van der Waals surface area contributed by atoms with Gasteiger partial charge in [-0.25, -0.2) is 14.1 Å². The zero-order valence-electron chi connectivity index (χ0n) is 21.5. The summed E-state index contributed by atoms with van der Waals surface area (Å²) < 4.78 is 18.7. The average molecular weight is 520 g/mol. The van der Waals surface area contributed by atoms with Gasteiger partial charge >= 0.3 is 0 Å². The maximum atomic E-state index is 15.1. The normalized spacial score (nSPS) is 19.8. The quantitative estimate of drug-likeness (QED) is 0.338. The van der Waals surface area contributed by atoms with Crippen LogP contribution in [0.5, 0.6) is 0 Å². The van der Waals surface area contributed by atoms with Gasteiger partial charge in [0, 0.05) is 25.7 Å². The second kappa shape index (κ2) is 9.61. The van der Waals surface area contributed by atoms with E-state index in [0.29, 0.717) is 23.8 Å². The van der Waals surface area contributed by atoms with E-state index in [1.807, 2.05) is 6.92 Å². The number of carbonyl (C=O) groups excluding carboxylic acids is 2. The molecule has 2 fully saturated rings. The number of hydrogen-bond donors (Lipinski definition) is 3. The van der Waals surface area contributed by atoms with Gasteiger partial charge in [-0.3, -0.25) is 9.59 Å². The van der Waals surface area contributed by atoms with Crippen LogP contribution in [0.3, 0.4) is 0 Å². The van der Waals surface area contributed by atoms with E-state index >= 15 is 4.39 Å². The lowest BCUT2D eigenvalue weighted by Gasteiger charge is -2.25. The van der Waals surface area contributed by atoms with Crippen molar-refractivity contribution in [3.05, 3.63) is 53.3 Å². The predicted octanol–water partition coefficient (Wildman–Crippen LogP) is 2.26. The summed E-state index contributed by atoms with van der Waals surface area (Å²) in [5.74, 6) is 5.25. The van der Waals surface area contributed by atoms with Crippen LogP contribution < -0.4 is 11.1 Å². The van der Waals surface area contributed by atoms with E-state index in [1.165, 1.54) is 17.0 Å². The number of anilines is 1. The molecule has 3 atom stereocenters. The van der Waals surface area contributed by atoms with Gasteiger partial charge in [0.25, 0.3) is 5.91 Å². The Kier molecular flexibility index (Phi) is 6.44. The largest absolute Gasteiger partial charge is 0.391 e. The molecule has 2 aromatic heterocycles. The number of nitrogens with two attached hydrogens (primary N) is 1. The Morgan fingerprint density at radius 3 is 2.66 bits per heavy atom. The summed E-state index contributed by atoms with van der Waals surface area (Å²) in [7, 11) is 1.62. The molecular weight excluding hydrogens is 489 g/mol. The highest BCUT2D eigenvalue weighted by atomic mass is 19.1. The predicted molar refractivity (Wildman–Crippen MR) is 140 cm³/mol. The van der Waals surface area contributed by atoms with Crippen LogP contribution in [0.2, 0.25) is 0 Å². The van der Waals surface area contributed by atoms with E-state index in [-0.39, 0.29) is 35.3 Å². The van der Waals surface area contributed by atoms with E-state index in [4.69, 9.17) is 5.73 Å². The van der Waals surface area contributed by atoms with Crippen LogP contribution in [0.4, 0.5) is 10.2 Å². The zero-order chi connectivity index (χ0) is 27.3. The van der Waals surface area contributed by atoms with Gasteiger partial charge in [0.1, 0.15) is 23.0 Å². The third-order valence-electron chi connectivity index (χ3n) is 7.26. The molecule has 38 heavy (non-hydrogen) atoms. The molecule has 1 aliphatic heterocycles. The van der Waals surface area contributed by atoms with Crippen LogP contribution in [0.25, 0.3) is 11.0 Å². The minimum atomic E-state index is -0.780. The summed E-state index contributed by atoms with van der Waals surface area (Å²) in [5.41, 5.74) is 7.37. The van der Waals surface area contributed by atoms with Gasteiger partial charge < -0.3 is 25.6 Å². The van der Waals surface area contributed by atoms with Crippen molar-refractivity contribution >= 4 is 28.7 Å². The number of aromatic nitrogens is 4. The summed E-state index contributed by atoms with van der Waals surface area (Å²) in [6.07, 6.45) is 2.93. The monoisotopic (exact) mass is 519 g/mol. The van der Waals surface area contributed by atoms with Gasteiger partial charge in [0.15, 0.2) is 5.69 Å². The molecule has 5 rings (SSSR count). The first-order valence-electron chi connectivity index (χ1n) is 12.6. The summed E-state index contributed by atoms with van der Waals surface area (Å²) in [4.78, 5) is 31.0. The van der Waals surface area contributed by atoms with Gasteiger partial charge in [0.2, 0.25) is 5.91 Å². The number of amides is 2. The Morgan fingerprint density at radius 2 is 2.05 bits per heavy atom. The summed E-state index contributed by atoms with van der Waals surface area (Å²) in [6.45, 7) is 7.31. The maximum Gasteiger partial charge on any atom is 0.255 e. The molecule has 3 aromatic rings. The molecule has 198 valence electrons. The topological polar surface area (TPSA) is 131 Å². The molecule has 1 saturated carbocycles. The molecule has 1 aliphatic carbocycles. The second-order valence-electron chi connectivity index (χ2n) is 9.85. The number of primary amides is 1. The molecule has 2 amide bonds. The second-order valence-corrected chi connectivity index (χ2v) is 9.85. The smallest absolute Gasteiger partial charge is 0.255 e. The lowest BCUT2D eigenvalue weighted by atomic mass is 10.1. The Hall–Kier alpha value is -4.17. The number of aliphatic hydroxyl groups is 1.